The first-order valence-electron chi connectivity index (χ1n) is 3.84. The van der Waals surface area contributed by atoms with Crippen LogP contribution in [-0.4, -0.2) is 29.6 Å². The second-order valence-corrected chi connectivity index (χ2v) is 2.80. The molecule has 0 aromatic heterocycles. The van der Waals surface area contributed by atoms with E-state index in [-0.39, 0.29) is 6.04 Å². The maximum Gasteiger partial charge on any atom is 0.332 e. The third-order valence-corrected chi connectivity index (χ3v) is 1.57. The zero-order chi connectivity index (χ0) is 10.4. The minimum atomic E-state index is -1.14. The van der Waals surface area contributed by atoms with Gasteiger partial charge in [-0.05, 0) is 6.92 Å². The maximum atomic E-state index is 11.1. The lowest BCUT2D eigenvalue weighted by Gasteiger charge is -2.14. The van der Waals surface area contributed by atoms with E-state index in [4.69, 9.17) is 10.8 Å². The molecule has 0 aliphatic heterocycles. The summed E-state index contributed by atoms with van der Waals surface area (Å²) in [5.41, 5.74) is 7.43. The lowest BCUT2D eigenvalue weighted by atomic mass is 10.0. The maximum absolute atomic E-state index is 11.1. The van der Waals surface area contributed by atoms with Crippen molar-refractivity contribution in [3.8, 4) is 0 Å². The molecule has 0 heterocycles. The molecule has 13 heavy (non-hydrogen) atoms. The minimum Gasteiger partial charge on any atom is -0.479 e. The molecular weight excluding hydrogens is 176 g/mol. The number of nitrogens with one attached hydrogen (secondary N) is 1. The fraction of sp³-hybridized carbons (Fsp3) is 0.714. The molecule has 4 N–H and O–H groups in total. The molecule has 0 spiro atoms. The van der Waals surface area contributed by atoms with Gasteiger partial charge in [-0.2, -0.15) is 0 Å². The third kappa shape index (κ3) is 5.15. The second kappa shape index (κ2) is 5.50. The highest BCUT2D eigenvalue weighted by molar-refractivity contribution is 5.78. The number of nitrogens with two attached hydrogens (primary N) is 1. The number of amides is 1. The van der Waals surface area contributed by atoms with E-state index in [1.54, 1.807) is 13.8 Å². The predicted molar refractivity (Wildman–Crippen MR) is 44.5 cm³/mol. The summed E-state index contributed by atoms with van der Waals surface area (Å²) in [6.45, 7) is 2.75. The number of rotatable bonds is 5. The number of hydrogen-bond acceptors (Lipinski definition) is 4. The molecule has 0 fully saturated rings. The SMILES string of the molecule is CC(N)C(C)C(=O)NOCC(=O)O. The zero-order valence-electron chi connectivity index (χ0n) is 7.61. The number of hydroxylamine groups is 1. The highest BCUT2D eigenvalue weighted by Crippen LogP contribution is 1.98. The van der Waals surface area contributed by atoms with Crippen LogP contribution in [0, 0.1) is 5.92 Å². The van der Waals surface area contributed by atoms with E-state index in [1.165, 1.54) is 0 Å². The van der Waals surface area contributed by atoms with Gasteiger partial charge in [0.25, 0.3) is 0 Å². The van der Waals surface area contributed by atoms with Gasteiger partial charge in [0.05, 0.1) is 5.92 Å². The summed E-state index contributed by atoms with van der Waals surface area (Å²) >= 11 is 0. The molecule has 6 heteroatoms. The highest BCUT2D eigenvalue weighted by atomic mass is 16.7. The Morgan fingerprint density at radius 2 is 2.08 bits per heavy atom. The van der Waals surface area contributed by atoms with Gasteiger partial charge in [0.1, 0.15) is 0 Å². The Kier molecular flexibility index (Phi) is 5.01. The van der Waals surface area contributed by atoms with E-state index in [9.17, 15) is 9.59 Å². The van der Waals surface area contributed by atoms with Crippen molar-refractivity contribution >= 4 is 11.9 Å². The van der Waals surface area contributed by atoms with Crippen LogP contribution < -0.4 is 11.2 Å². The van der Waals surface area contributed by atoms with E-state index >= 15 is 0 Å². The molecule has 0 saturated heterocycles. The summed E-state index contributed by atoms with van der Waals surface area (Å²) in [7, 11) is 0. The minimum absolute atomic E-state index is 0.298. The molecule has 2 unspecified atom stereocenters. The van der Waals surface area contributed by atoms with E-state index in [0.717, 1.165) is 0 Å². The average molecular weight is 190 g/mol. The fourth-order valence-corrected chi connectivity index (χ4v) is 0.501. The molecule has 0 aromatic rings. The van der Waals surface area contributed by atoms with E-state index in [0.29, 0.717) is 0 Å². The molecule has 0 saturated carbocycles. The Labute approximate surface area is 76.0 Å². The summed E-state index contributed by atoms with van der Waals surface area (Å²) in [4.78, 5) is 25.4. The van der Waals surface area contributed by atoms with Gasteiger partial charge in [0, 0.05) is 6.04 Å². The van der Waals surface area contributed by atoms with Crippen LogP contribution in [0.15, 0.2) is 0 Å². The first kappa shape index (κ1) is 11.9. The topological polar surface area (TPSA) is 102 Å². The van der Waals surface area contributed by atoms with Crippen molar-refractivity contribution in [2.24, 2.45) is 11.7 Å². The van der Waals surface area contributed by atoms with Crippen LogP contribution in [0.4, 0.5) is 0 Å². The monoisotopic (exact) mass is 190 g/mol. The Balaban J connectivity index is 3.68. The fourth-order valence-electron chi connectivity index (χ4n) is 0.501. The average Bonchev–Trinajstić information content (AvgIpc) is 2.02. The van der Waals surface area contributed by atoms with Gasteiger partial charge in [-0.15, -0.1) is 0 Å². The summed E-state index contributed by atoms with van der Waals surface area (Å²) in [5, 5.41) is 8.17. The van der Waals surface area contributed by atoms with E-state index < -0.39 is 24.4 Å². The summed E-state index contributed by atoms with van der Waals surface area (Å²) < 4.78 is 0. The van der Waals surface area contributed by atoms with Crippen molar-refractivity contribution in [3.05, 3.63) is 0 Å². The molecular formula is C7H14N2O4. The summed E-state index contributed by atoms with van der Waals surface area (Å²) in [5.74, 6) is -1.97. The molecule has 0 rings (SSSR count). The van der Waals surface area contributed by atoms with Gasteiger partial charge >= 0.3 is 5.97 Å². The van der Waals surface area contributed by atoms with Gasteiger partial charge in [-0.25, -0.2) is 10.3 Å². The molecule has 0 radical (unpaired) electrons. The Morgan fingerprint density at radius 1 is 1.54 bits per heavy atom. The molecule has 6 nitrogen and oxygen atoms in total. The van der Waals surface area contributed by atoms with Crippen LogP contribution >= 0.6 is 0 Å². The van der Waals surface area contributed by atoms with Gasteiger partial charge in [-0.3, -0.25) is 9.63 Å². The molecule has 0 aromatic carbocycles. The van der Waals surface area contributed by atoms with Crippen LogP contribution in [0.25, 0.3) is 0 Å². The van der Waals surface area contributed by atoms with Gasteiger partial charge < -0.3 is 10.8 Å². The normalized spacial score (nSPS) is 14.7. The summed E-state index contributed by atoms with van der Waals surface area (Å²) in [6.07, 6.45) is 0. The summed E-state index contributed by atoms with van der Waals surface area (Å²) in [6, 6.07) is -0.298. The molecule has 2 atom stereocenters. The zero-order valence-corrected chi connectivity index (χ0v) is 7.61. The second-order valence-electron chi connectivity index (χ2n) is 2.80. The Morgan fingerprint density at radius 3 is 2.46 bits per heavy atom. The van der Waals surface area contributed by atoms with Crippen LogP contribution in [0.5, 0.6) is 0 Å². The van der Waals surface area contributed by atoms with Gasteiger partial charge in [0.15, 0.2) is 6.61 Å². The number of aliphatic carboxylic acids is 1. The molecule has 76 valence electrons. The standard InChI is InChI=1S/C7H14N2O4/c1-4(5(2)8)7(12)9-13-3-6(10)11/h4-5H,3,8H2,1-2H3,(H,9,12)(H,10,11). The third-order valence-electron chi connectivity index (χ3n) is 1.57. The number of carbonyl (C=O) groups is 2. The quantitative estimate of drug-likeness (QED) is 0.488. The largest absolute Gasteiger partial charge is 0.479 e. The van der Waals surface area contributed by atoms with Crippen molar-refractivity contribution in [1.29, 1.82) is 0 Å². The van der Waals surface area contributed by atoms with Crippen molar-refractivity contribution in [3.63, 3.8) is 0 Å². The number of hydrogen-bond donors (Lipinski definition) is 3. The van der Waals surface area contributed by atoms with Crippen molar-refractivity contribution < 1.29 is 19.5 Å². The van der Waals surface area contributed by atoms with Crippen LogP contribution in [0.3, 0.4) is 0 Å². The molecule has 1 amide bonds. The van der Waals surface area contributed by atoms with E-state index in [2.05, 4.69) is 4.84 Å². The Hall–Kier alpha value is -1.14. The van der Waals surface area contributed by atoms with Crippen LogP contribution in [-0.2, 0) is 14.4 Å². The van der Waals surface area contributed by atoms with Gasteiger partial charge in [-0.1, -0.05) is 6.92 Å². The smallest absolute Gasteiger partial charge is 0.332 e. The van der Waals surface area contributed by atoms with Crippen LogP contribution in [0.2, 0.25) is 0 Å². The van der Waals surface area contributed by atoms with E-state index in [1.807, 2.05) is 5.48 Å². The molecule has 0 aliphatic carbocycles. The first-order valence-corrected chi connectivity index (χ1v) is 3.84. The van der Waals surface area contributed by atoms with Crippen LogP contribution in [0.1, 0.15) is 13.8 Å². The van der Waals surface area contributed by atoms with Crippen molar-refractivity contribution in [2.75, 3.05) is 6.61 Å². The van der Waals surface area contributed by atoms with Crippen molar-refractivity contribution in [1.82, 2.24) is 5.48 Å². The number of carbonyl (C=O) groups excluding carboxylic acids is 1. The van der Waals surface area contributed by atoms with Crippen molar-refractivity contribution in [2.45, 2.75) is 19.9 Å². The molecule has 0 aliphatic rings. The predicted octanol–water partition coefficient (Wildman–Crippen LogP) is -0.898. The number of carboxylic acids is 1. The number of carboxylic acid groups (broad SMARTS) is 1. The Bertz CT molecular complexity index is 193. The molecule has 0 bridgehead atoms. The first-order chi connectivity index (χ1) is 5.95. The lowest BCUT2D eigenvalue weighted by Crippen LogP contribution is -2.39. The lowest BCUT2D eigenvalue weighted by molar-refractivity contribution is -0.150. The highest BCUT2D eigenvalue weighted by Gasteiger charge is 2.16. The van der Waals surface area contributed by atoms with Gasteiger partial charge in [0.2, 0.25) is 5.91 Å².